The minimum atomic E-state index is -4.78. The molecule has 0 aromatic heterocycles. The van der Waals surface area contributed by atoms with Crippen LogP contribution in [0, 0.1) is 0 Å². The minimum absolute atomic E-state index is 0.0784. The summed E-state index contributed by atoms with van der Waals surface area (Å²) in [5.74, 6) is -1.00. The quantitative estimate of drug-likeness (QED) is 0.0222. The molecule has 9 nitrogen and oxygen atoms in total. The van der Waals surface area contributed by atoms with E-state index in [0.717, 1.165) is 77.0 Å². The summed E-state index contributed by atoms with van der Waals surface area (Å²) in [6, 6.07) is 0. The number of carbonyl (C=O) groups is 2. The van der Waals surface area contributed by atoms with Crippen LogP contribution in [0.3, 0.4) is 0 Å². The highest BCUT2D eigenvalue weighted by molar-refractivity contribution is 7.46. The molecule has 0 aliphatic carbocycles. The number of allylic oxidation sites excluding steroid dienone is 10. The van der Waals surface area contributed by atoms with Gasteiger partial charge in [0.15, 0.2) is 6.10 Å². The van der Waals surface area contributed by atoms with Crippen molar-refractivity contribution in [2.24, 2.45) is 0 Å². The first-order valence-electron chi connectivity index (χ1n) is 19.4. The standard InChI is InChI=1S/C41H67O9P/c1-3-5-7-8-9-10-11-12-16-19-22-25-29-33-40(42)47-35-37(36-48-51(44,45)46)49-41(43)34-30-26-23-20-17-14-13-15-18-21-24-28-32-39-38(50-39)31-27-6-4-2/h6,10-11,14-15,17-18,23-24,26-28,37-39H,3-5,7-9,12-13,16,19-22,25,29-36H2,1-2H3,(H2,44,45,46)/b11-10-,17-14-,18-15-,26-23-,27-6-,28-24-/t37-,38?,39?/m1/s1. The van der Waals surface area contributed by atoms with Gasteiger partial charge in [0.1, 0.15) is 6.61 Å². The SMILES string of the molecule is CC/C=C\CC1OC1C/C=C\C/C=C\C/C=C\C/C=C\CCC(=O)O[C@H](COC(=O)CCCCCCC/C=C\CCCCCC)COP(=O)(O)O. The number of esters is 2. The second-order valence-electron chi connectivity index (χ2n) is 12.9. The lowest BCUT2D eigenvalue weighted by Gasteiger charge is -2.18. The van der Waals surface area contributed by atoms with Gasteiger partial charge in [-0.1, -0.05) is 125 Å². The molecule has 2 unspecified atom stereocenters. The van der Waals surface area contributed by atoms with Gasteiger partial charge in [0, 0.05) is 12.8 Å². The molecule has 0 aromatic rings. The van der Waals surface area contributed by atoms with Crippen molar-refractivity contribution in [2.75, 3.05) is 13.2 Å². The number of ether oxygens (including phenoxy) is 3. The smallest absolute Gasteiger partial charge is 0.462 e. The highest BCUT2D eigenvalue weighted by Crippen LogP contribution is 2.36. The Kier molecular flexibility index (Phi) is 29.3. The zero-order chi connectivity index (χ0) is 37.3. The van der Waals surface area contributed by atoms with Crippen LogP contribution in [0.15, 0.2) is 72.9 Å². The zero-order valence-corrected chi connectivity index (χ0v) is 32.3. The fraction of sp³-hybridized carbons (Fsp3) is 0.659. The van der Waals surface area contributed by atoms with Crippen LogP contribution in [0.1, 0.15) is 142 Å². The predicted molar refractivity (Wildman–Crippen MR) is 206 cm³/mol. The number of phosphoric acid groups is 1. The summed E-state index contributed by atoms with van der Waals surface area (Å²) < 4.78 is 31.9. The number of hydrogen-bond acceptors (Lipinski definition) is 7. The van der Waals surface area contributed by atoms with E-state index in [9.17, 15) is 14.2 Å². The lowest BCUT2D eigenvalue weighted by Crippen LogP contribution is -2.29. The van der Waals surface area contributed by atoms with Crippen molar-refractivity contribution in [2.45, 2.75) is 161 Å². The molecule has 1 heterocycles. The van der Waals surface area contributed by atoms with Crippen molar-refractivity contribution in [1.29, 1.82) is 0 Å². The topological polar surface area (TPSA) is 132 Å². The maximum absolute atomic E-state index is 12.3. The van der Waals surface area contributed by atoms with E-state index in [1.165, 1.54) is 25.7 Å². The average molecular weight is 735 g/mol. The van der Waals surface area contributed by atoms with E-state index < -0.39 is 32.5 Å². The summed E-state index contributed by atoms with van der Waals surface area (Å²) in [7, 11) is -4.78. The van der Waals surface area contributed by atoms with E-state index in [4.69, 9.17) is 24.0 Å². The van der Waals surface area contributed by atoms with Crippen molar-refractivity contribution in [1.82, 2.24) is 0 Å². The first-order chi connectivity index (χ1) is 24.7. The maximum atomic E-state index is 12.3. The molecule has 290 valence electrons. The van der Waals surface area contributed by atoms with Crippen molar-refractivity contribution in [3.8, 4) is 0 Å². The summed E-state index contributed by atoms with van der Waals surface area (Å²) in [5.41, 5.74) is 0. The third-order valence-corrected chi connectivity index (χ3v) is 8.61. The van der Waals surface area contributed by atoms with Crippen LogP contribution in [0.25, 0.3) is 0 Å². The molecule has 0 spiro atoms. The lowest BCUT2D eigenvalue weighted by molar-refractivity contribution is -0.161. The molecule has 0 saturated carbocycles. The van der Waals surface area contributed by atoms with E-state index in [0.29, 0.717) is 25.0 Å². The van der Waals surface area contributed by atoms with Gasteiger partial charge in [0.2, 0.25) is 0 Å². The molecule has 1 aliphatic rings. The van der Waals surface area contributed by atoms with Crippen LogP contribution in [0.2, 0.25) is 0 Å². The molecule has 51 heavy (non-hydrogen) atoms. The number of hydrogen-bond donors (Lipinski definition) is 2. The van der Waals surface area contributed by atoms with Crippen LogP contribution in [-0.2, 0) is 32.9 Å². The van der Waals surface area contributed by atoms with Crippen LogP contribution in [-0.4, -0.2) is 53.3 Å². The number of unbranched alkanes of at least 4 members (excludes halogenated alkanes) is 9. The van der Waals surface area contributed by atoms with Gasteiger partial charge in [-0.05, 0) is 77.0 Å². The lowest BCUT2D eigenvalue weighted by atomic mass is 10.1. The fourth-order valence-electron chi connectivity index (χ4n) is 5.14. The Hall–Kier alpha value is -2.55. The monoisotopic (exact) mass is 734 g/mol. The van der Waals surface area contributed by atoms with Gasteiger partial charge in [-0.15, -0.1) is 0 Å². The van der Waals surface area contributed by atoms with Gasteiger partial charge >= 0.3 is 19.8 Å². The van der Waals surface area contributed by atoms with E-state index in [-0.39, 0.29) is 19.4 Å². The highest BCUT2D eigenvalue weighted by atomic mass is 31.2. The molecule has 0 aromatic carbocycles. The van der Waals surface area contributed by atoms with Crippen LogP contribution < -0.4 is 0 Å². The second kappa shape index (κ2) is 32.1. The Bertz CT molecular complexity index is 1120. The number of phosphoric ester groups is 1. The third kappa shape index (κ3) is 31.9. The molecule has 10 heteroatoms. The van der Waals surface area contributed by atoms with Crippen LogP contribution in [0.4, 0.5) is 0 Å². The maximum Gasteiger partial charge on any atom is 0.469 e. The molecule has 2 N–H and O–H groups in total. The Balaban J connectivity index is 2.15. The van der Waals surface area contributed by atoms with Gasteiger partial charge in [-0.3, -0.25) is 14.1 Å². The normalized spacial score (nSPS) is 17.3. The number of rotatable bonds is 33. The Morgan fingerprint density at radius 1 is 0.627 bits per heavy atom. The first-order valence-corrected chi connectivity index (χ1v) is 20.9. The Labute approximate surface area is 308 Å². The van der Waals surface area contributed by atoms with Crippen molar-refractivity contribution in [3.63, 3.8) is 0 Å². The highest BCUT2D eigenvalue weighted by Gasteiger charge is 2.35. The van der Waals surface area contributed by atoms with Gasteiger partial charge in [0.25, 0.3) is 0 Å². The first kappa shape index (κ1) is 46.5. The molecule has 1 rings (SSSR count). The van der Waals surface area contributed by atoms with E-state index >= 15 is 0 Å². The average Bonchev–Trinajstić information content (AvgIpc) is 3.85. The molecular weight excluding hydrogens is 667 g/mol. The number of carbonyl (C=O) groups excluding carboxylic acids is 2. The van der Waals surface area contributed by atoms with Crippen LogP contribution in [0.5, 0.6) is 0 Å². The molecule has 1 fully saturated rings. The van der Waals surface area contributed by atoms with E-state index in [2.05, 4.69) is 79.1 Å². The van der Waals surface area contributed by atoms with Gasteiger partial charge in [-0.2, -0.15) is 0 Å². The van der Waals surface area contributed by atoms with E-state index in [1.807, 2.05) is 12.2 Å². The number of epoxide rings is 1. The summed E-state index contributed by atoms with van der Waals surface area (Å²) in [5, 5.41) is 0. The van der Waals surface area contributed by atoms with Gasteiger partial charge < -0.3 is 24.0 Å². The molecular formula is C41H67O9P. The molecule has 1 aliphatic heterocycles. The molecule has 0 radical (unpaired) electrons. The minimum Gasteiger partial charge on any atom is -0.462 e. The summed E-state index contributed by atoms with van der Waals surface area (Å²) >= 11 is 0. The Morgan fingerprint density at radius 2 is 1.16 bits per heavy atom. The van der Waals surface area contributed by atoms with Crippen molar-refractivity contribution < 1.29 is 42.7 Å². The zero-order valence-electron chi connectivity index (χ0n) is 31.4. The Morgan fingerprint density at radius 3 is 1.76 bits per heavy atom. The predicted octanol–water partition coefficient (Wildman–Crippen LogP) is 10.5. The summed E-state index contributed by atoms with van der Waals surface area (Å²) in [6.45, 7) is 3.46. The largest absolute Gasteiger partial charge is 0.469 e. The van der Waals surface area contributed by atoms with Crippen molar-refractivity contribution >= 4 is 19.8 Å². The molecule has 0 bridgehead atoms. The molecule has 0 amide bonds. The van der Waals surface area contributed by atoms with Gasteiger partial charge in [0.05, 0.1) is 18.8 Å². The van der Waals surface area contributed by atoms with Crippen molar-refractivity contribution in [3.05, 3.63) is 72.9 Å². The second-order valence-corrected chi connectivity index (χ2v) is 14.1. The fourth-order valence-corrected chi connectivity index (χ4v) is 5.50. The molecule has 3 atom stereocenters. The molecule has 1 saturated heterocycles. The third-order valence-electron chi connectivity index (χ3n) is 8.12. The van der Waals surface area contributed by atoms with E-state index in [1.54, 1.807) is 0 Å². The van der Waals surface area contributed by atoms with Gasteiger partial charge in [-0.25, -0.2) is 4.57 Å². The van der Waals surface area contributed by atoms with Crippen LogP contribution >= 0.6 is 7.82 Å². The summed E-state index contributed by atoms with van der Waals surface area (Å²) in [4.78, 5) is 42.7. The summed E-state index contributed by atoms with van der Waals surface area (Å²) in [6.07, 6.45) is 43.9.